The van der Waals surface area contributed by atoms with Gasteiger partial charge in [-0.05, 0) is 13.8 Å². The lowest BCUT2D eigenvalue weighted by molar-refractivity contribution is 0.574. The first-order valence-corrected chi connectivity index (χ1v) is 5.69. The molecule has 0 spiro atoms. The number of thiazole rings is 1. The maximum atomic E-state index is 5.60. The molecule has 0 radical (unpaired) electrons. The van der Waals surface area contributed by atoms with E-state index in [0.717, 1.165) is 21.3 Å². The third-order valence-electron chi connectivity index (χ3n) is 2.41. The molecule has 2 heterocycles. The first-order valence-electron chi connectivity index (χ1n) is 4.88. The number of hydrogen-bond acceptors (Lipinski definition) is 6. The van der Waals surface area contributed by atoms with Gasteiger partial charge in [-0.15, -0.1) is 16.4 Å². The molecule has 2 aromatic rings. The number of aromatic nitrogens is 4. The maximum Gasteiger partial charge on any atom is 0.100 e. The number of nitrogens with one attached hydrogen (secondary N) is 1. The molecule has 0 aliphatic heterocycles. The predicted molar refractivity (Wildman–Crippen MR) is 61.8 cm³/mol. The number of nitrogens with two attached hydrogens (primary N) is 1. The molecule has 2 aromatic heterocycles. The molecule has 86 valence electrons. The monoisotopic (exact) mass is 238 g/mol. The van der Waals surface area contributed by atoms with E-state index in [2.05, 4.69) is 20.7 Å². The molecule has 0 aromatic carbocycles. The standard InChI is InChI=1S/C9H14N6S/c1-5-9(16-6(2)12-5)8(13-10)7-4-11-14-15(7)3/h4,8,13H,10H2,1-3H3. The lowest BCUT2D eigenvalue weighted by Gasteiger charge is -2.14. The van der Waals surface area contributed by atoms with Gasteiger partial charge >= 0.3 is 0 Å². The molecule has 7 heteroatoms. The summed E-state index contributed by atoms with van der Waals surface area (Å²) in [6, 6.07) is -0.105. The highest BCUT2D eigenvalue weighted by Gasteiger charge is 2.21. The fraction of sp³-hybridized carbons (Fsp3) is 0.444. The molecule has 0 saturated heterocycles. The van der Waals surface area contributed by atoms with Crippen LogP contribution in [-0.4, -0.2) is 20.0 Å². The summed E-state index contributed by atoms with van der Waals surface area (Å²) in [7, 11) is 1.84. The Hall–Kier alpha value is -1.31. The summed E-state index contributed by atoms with van der Waals surface area (Å²) >= 11 is 1.63. The van der Waals surface area contributed by atoms with Crippen molar-refractivity contribution < 1.29 is 0 Å². The van der Waals surface area contributed by atoms with Gasteiger partial charge in [0.1, 0.15) is 6.04 Å². The highest BCUT2D eigenvalue weighted by Crippen LogP contribution is 2.28. The number of aryl methyl sites for hydroxylation is 3. The minimum absolute atomic E-state index is 0.105. The molecule has 0 saturated carbocycles. The van der Waals surface area contributed by atoms with E-state index in [1.165, 1.54) is 0 Å². The molecule has 1 atom stereocenters. The second-order valence-electron chi connectivity index (χ2n) is 3.56. The van der Waals surface area contributed by atoms with Crippen molar-refractivity contribution in [3.05, 3.63) is 27.5 Å². The van der Waals surface area contributed by atoms with E-state index in [-0.39, 0.29) is 6.04 Å². The van der Waals surface area contributed by atoms with Gasteiger partial charge in [-0.2, -0.15) is 0 Å². The van der Waals surface area contributed by atoms with Crippen LogP contribution in [-0.2, 0) is 7.05 Å². The Morgan fingerprint density at radius 2 is 2.25 bits per heavy atom. The van der Waals surface area contributed by atoms with Gasteiger partial charge in [0.25, 0.3) is 0 Å². The summed E-state index contributed by atoms with van der Waals surface area (Å²) in [5.41, 5.74) is 4.70. The van der Waals surface area contributed by atoms with Crippen molar-refractivity contribution in [1.29, 1.82) is 0 Å². The molecule has 0 fully saturated rings. The number of hydrazine groups is 1. The van der Waals surface area contributed by atoms with Gasteiger partial charge in [-0.1, -0.05) is 5.21 Å². The third kappa shape index (κ3) is 1.84. The summed E-state index contributed by atoms with van der Waals surface area (Å²) < 4.78 is 1.71. The third-order valence-corrected chi connectivity index (χ3v) is 3.55. The van der Waals surface area contributed by atoms with Crippen LogP contribution in [0.15, 0.2) is 6.20 Å². The minimum atomic E-state index is -0.105. The first-order chi connectivity index (χ1) is 7.63. The van der Waals surface area contributed by atoms with E-state index in [4.69, 9.17) is 5.84 Å². The molecule has 3 N–H and O–H groups in total. The molecular weight excluding hydrogens is 224 g/mol. The van der Waals surface area contributed by atoms with Crippen LogP contribution in [0.3, 0.4) is 0 Å². The van der Waals surface area contributed by atoms with Crippen molar-refractivity contribution in [2.45, 2.75) is 19.9 Å². The second-order valence-corrected chi connectivity index (χ2v) is 4.80. The number of nitrogens with zero attached hydrogens (tertiary/aromatic N) is 4. The van der Waals surface area contributed by atoms with Crippen molar-refractivity contribution in [2.24, 2.45) is 12.9 Å². The van der Waals surface area contributed by atoms with Gasteiger partial charge in [0.05, 0.1) is 27.5 Å². The van der Waals surface area contributed by atoms with E-state index in [1.807, 2.05) is 20.9 Å². The molecule has 0 bridgehead atoms. The van der Waals surface area contributed by atoms with Crippen molar-refractivity contribution in [1.82, 2.24) is 25.4 Å². The Balaban J connectivity index is 2.44. The summed E-state index contributed by atoms with van der Waals surface area (Å²) in [6.07, 6.45) is 1.71. The lowest BCUT2D eigenvalue weighted by atomic mass is 10.1. The van der Waals surface area contributed by atoms with Crippen LogP contribution in [0.4, 0.5) is 0 Å². The largest absolute Gasteiger partial charge is 0.270 e. The maximum absolute atomic E-state index is 5.60. The smallest absolute Gasteiger partial charge is 0.100 e. The fourth-order valence-corrected chi connectivity index (χ4v) is 2.67. The fourth-order valence-electron chi connectivity index (χ4n) is 1.67. The van der Waals surface area contributed by atoms with Crippen LogP contribution < -0.4 is 11.3 Å². The van der Waals surface area contributed by atoms with Crippen LogP contribution in [0.1, 0.15) is 27.3 Å². The summed E-state index contributed by atoms with van der Waals surface area (Å²) in [4.78, 5) is 5.49. The Kier molecular flexibility index (Phi) is 2.99. The summed E-state index contributed by atoms with van der Waals surface area (Å²) in [5, 5.41) is 8.79. The number of rotatable bonds is 3. The average Bonchev–Trinajstić information content (AvgIpc) is 2.77. The molecule has 16 heavy (non-hydrogen) atoms. The SMILES string of the molecule is Cc1nc(C)c(C(NN)c2cnnn2C)s1. The Labute approximate surface area is 97.5 Å². The van der Waals surface area contributed by atoms with Gasteiger partial charge in [-0.25, -0.2) is 10.4 Å². The Morgan fingerprint density at radius 3 is 2.69 bits per heavy atom. The van der Waals surface area contributed by atoms with Gasteiger partial charge in [0.15, 0.2) is 0 Å². The Morgan fingerprint density at radius 1 is 1.50 bits per heavy atom. The highest BCUT2D eigenvalue weighted by atomic mass is 32.1. The van der Waals surface area contributed by atoms with Crippen molar-refractivity contribution in [2.75, 3.05) is 0 Å². The molecule has 0 aliphatic carbocycles. The summed E-state index contributed by atoms with van der Waals surface area (Å²) in [5.74, 6) is 5.60. The molecule has 0 aliphatic rings. The number of hydrogen-bond donors (Lipinski definition) is 2. The minimum Gasteiger partial charge on any atom is -0.270 e. The van der Waals surface area contributed by atoms with Crippen molar-refractivity contribution >= 4 is 11.3 Å². The van der Waals surface area contributed by atoms with Gasteiger partial charge in [-0.3, -0.25) is 10.5 Å². The summed E-state index contributed by atoms with van der Waals surface area (Å²) in [6.45, 7) is 3.96. The van der Waals surface area contributed by atoms with Crippen LogP contribution in [0.25, 0.3) is 0 Å². The van der Waals surface area contributed by atoms with Gasteiger partial charge in [0.2, 0.25) is 0 Å². The molecule has 1 unspecified atom stereocenters. The van der Waals surface area contributed by atoms with E-state index < -0.39 is 0 Å². The van der Waals surface area contributed by atoms with Crippen LogP contribution in [0.2, 0.25) is 0 Å². The zero-order valence-electron chi connectivity index (χ0n) is 9.43. The molecular formula is C9H14N6S. The van der Waals surface area contributed by atoms with Crippen molar-refractivity contribution in [3.8, 4) is 0 Å². The first kappa shape index (κ1) is 11.2. The topological polar surface area (TPSA) is 81.7 Å². The Bertz CT molecular complexity index is 488. The average molecular weight is 238 g/mol. The van der Waals surface area contributed by atoms with Crippen molar-refractivity contribution in [3.63, 3.8) is 0 Å². The lowest BCUT2D eigenvalue weighted by Crippen LogP contribution is -2.30. The predicted octanol–water partition coefficient (Wildman–Crippen LogP) is 0.441. The van der Waals surface area contributed by atoms with Crippen LogP contribution in [0, 0.1) is 13.8 Å². The van der Waals surface area contributed by atoms with E-state index in [1.54, 1.807) is 22.2 Å². The van der Waals surface area contributed by atoms with E-state index in [0.29, 0.717) is 0 Å². The molecule has 0 amide bonds. The molecule has 2 rings (SSSR count). The zero-order valence-corrected chi connectivity index (χ0v) is 10.2. The quantitative estimate of drug-likeness (QED) is 0.599. The highest BCUT2D eigenvalue weighted by molar-refractivity contribution is 7.11. The zero-order chi connectivity index (χ0) is 11.7. The second kappa shape index (κ2) is 4.28. The van der Waals surface area contributed by atoms with Gasteiger partial charge < -0.3 is 0 Å². The van der Waals surface area contributed by atoms with Gasteiger partial charge in [0, 0.05) is 7.05 Å². The van der Waals surface area contributed by atoms with Crippen LogP contribution >= 0.6 is 11.3 Å². The van der Waals surface area contributed by atoms with E-state index >= 15 is 0 Å². The van der Waals surface area contributed by atoms with E-state index in [9.17, 15) is 0 Å². The normalized spacial score (nSPS) is 13.0. The van der Waals surface area contributed by atoms with Crippen LogP contribution in [0.5, 0.6) is 0 Å². The molecule has 6 nitrogen and oxygen atoms in total.